The Hall–Kier alpha value is -3.73. The lowest BCUT2D eigenvalue weighted by atomic mass is 10.1. The average molecular weight is 409 g/mol. The maximum absolute atomic E-state index is 12.9. The Kier molecular flexibility index (Phi) is 4.86. The van der Waals surface area contributed by atoms with Gasteiger partial charge in [0.1, 0.15) is 5.52 Å². The summed E-state index contributed by atoms with van der Waals surface area (Å²) in [6.45, 7) is 4.67. The van der Waals surface area contributed by atoms with Crippen molar-refractivity contribution in [2.45, 2.75) is 33.2 Å². The maximum atomic E-state index is 12.9. The summed E-state index contributed by atoms with van der Waals surface area (Å²) in [4.78, 5) is 22.6. The van der Waals surface area contributed by atoms with Gasteiger partial charge >= 0.3 is 0 Å². The maximum Gasteiger partial charge on any atom is 0.226 e. The number of amides is 1. The van der Waals surface area contributed by atoms with Crippen molar-refractivity contribution < 1.29 is 4.79 Å². The fourth-order valence-electron chi connectivity index (χ4n) is 4.23. The van der Waals surface area contributed by atoms with E-state index in [0.717, 1.165) is 56.3 Å². The van der Waals surface area contributed by atoms with Crippen molar-refractivity contribution in [1.29, 1.82) is 0 Å². The predicted molar refractivity (Wildman–Crippen MR) is 126 cm³/mol. The largest absolute Gasteiger partial charge is 0.326 e. The number of benzene rings is 3. The van der Waals surface area contributed by atoms with E-state index in [1.165, 1.54) is 0 Å². The van der Waals surface area contributed by atoms with Gasteiger partial charge in [-0.15, -0.1) is 0 Å². The molecule has 5 rings (SSSR count). The molecule has 0 bridgehead atoms. The molecule has 0 fully saturated rings. The molecule has 0 saturated carbocycles. The van der Waals surface area contributed by atoms with Gasteiger partial charge in [0.2, 0.25) is 5.91 Å². The number of nitrogens with zero attached hydrogens (tertiary/aromatic N) is 3. The highest BCUT2D eigenvalue weighted by molar-refractivity contribution is 6.06. The van der Waals surface area contributed by atoms with Crippen LogP contribution in [0.1, 0.15) is 24.5 Å². The van der Waals surface area contributed by atoms with Crippen LogP contribution < -0.4 is 5.32 Å². The number of fused-ring (bicyclic) bond motifs is 4. The molecule has 0 aliphatic rings. The van der Waals surface area contributed by atoms with Crippen LogP contribution in [0.3, 0.4) is 0 Å². The van der Waals surface area contributed by atoms with E-state index in [4.69, 9.17) is 9.97 Å². The van der Waals surface area contributed by atoms with Gasteiger partial charge in [-0.2, -0.15) is 0 Å². The fourth-order valence-corrected chi connectivity index (χ4v) is 4.23. The Morgan fingerprint density at radius 2 is 1.68 bits per heavy atom. The van der Waals surface area contributed by atoms with Crippen molar-refractivity contribution in [2.75, 3.05) is 5.32 Å². The third kappa shape index (κ3) is 3.42. The molecule has 0 spiro atoms. The highest BCUT2D eigenvalue weighted by atomic mass is 16.1. The summed E-state index contributed by atoms with van der Waals surface area (Å²) in [6.07, 6.45) is 1.24. The molecule has 5 nitrogen and oxygen atoms in total. The molecule has 1 N–H and O–H groups in total. The first-order chi connectivity index (χ1) is 15.2. The number of rotatable bonds is 5. The molecule has 5 heteroatoms. The van der Waals surface area contributed by atoms with Crippen LogP contribution in [-0.4, -0.2) is 20.4 Å². The quantitative estimate of drug-likeness (QED) is 0.409. The molecule has 0 aliphatic heterocycles. The number of hydrogen-bond acceptors (Lipinski definition) is 3. The fraction of sp³-hybridized carbons (Fsp3) is 0.192. The molecule has 0 aliphatic carbocycles. The molecule has 31 heavy (non-hydrogen) atoms. The zero-order chi connectivity index (χ0) is 21.4. The van der Waals surface area contributed by atoms with Crippen LogP contribution in [0.5, 0.6) is 0 Å². The number of hydrogen-bond donors (Lipinski definition) is 1. The van der Waals surface area contributed by atoms with Gasteiger partial charge in [-0.1, -0.05) is 55.5 Å². The summed E-state index contributed by atoms with van der Waals surface area (Å²) in [5.41, 5.74) is 7.65. The van der Waals surface area contributed by atoms with E-state index in [9.17, 15) is 4.79 Å². The first-order valence-electron chi connectivity index (χ1n) is 10.7. The number of aromatic nitrogens is 3. The summed E-state index contributed by atoms with van der Waals surface area (Å²) < 4.78 is 2.11. The topological polar surface area (TPSA) is 59.8 Å². The normalized spacial score (nSPS) is 11.4. The van der Waals surface area contributed by atoms with Gasteiger partial charge in [0.15, 0.2) is 5.65 Å². The van der Waals surface area contributed by atoms with Crippen LogP contribution in [0.4, 0.5) is 5.69 Å². The molecule has 0 unspecified atom stereocenters. The van der Waals surface area contributed by atoms with Gasteiger partial charge in [-0.05, 0) is 42.7 Å². The van der Waals surface area contributed by atoms with Crippen molar-refractivity contribution in [3.05, 3.63) is 77.9 Å². The van der Waals surface area contributed by atoms with Crippen LogP contribution in [0.25, 0.3) is 33.1 Å². The number of aryl methyl sites for hydroxylation is 3. The van der Waals surface area contributed by atoms with E-state index in [1.807, 2.05) is 55.5 Å². The Morgan fingerprint density at radius 3 is 2.48 bits per heavy atom. The van der Waals surface area contributed by atoms with Crippen molar-refractivity contribution >= 4 is 44.7 Å². The van der Waals surface area contributed by atoms with E-state index in [-0.39, 0.29) is 5.91 Å². The lowest BCUT2D eigenvalue weighted by Gasteiger charge is -2.13. The number of nitrogens with one attached hydrogen (secondary N) is 1. The zero-order valence-electron chi connectivity index (χ0n) is 17.7. The number of para-hydroxylation sites is 4. The molecular formula is C26H24N4O. The molecule has 154 valence electrons. The monoisotopic (exact) mass is 408 g/mol. The van der Waals surface area contributed by atoms with Crippen LogP contribution in [0.15, 0.2) is 66.7 Å². The lowest BCUT2D eigenvalue weighted by Crippen LogP contribution is -2.16. The van der Waals surface area contributed by atoms with Gasteiger partial charge in [-0.25, -0.2) is 9.97 Å². The standard InChI is InChI=1S/C26H24N4O/c1-3-18-10-8-9-17(2)24(18)29-23(31)15-16-30-22-14-7-4-11-19(22)25-26(30)28-21-13-6-5-12-20(21)27-25/h4-14H,3,15-16H2,1-2H3,(H,29,31). The molecule has 2 heterocycles. The van der Waals surface area contributed by atoms with Crippen LogP contribution in [0.2, 0.25) is 0 Å². The molecule has 5 aromatic rings. The third-order valence-electron chi connectivity index (χ3n) is 5.82. The summed E-state index contributed by atoms with van der Waals surface area (Å²) in [6, 6.07) is 22.2. The van der Waals surface area contributed by atoms with Gasteiger partial charge < -0.3 is 9.88 Å². The molecule has 2 aromatic heterocycles. The van der Waals surface area contributed by atoms with Crippen LogP contribution >= 0.6 is 0 Å². The minimum atomic E-state index is 0.00341. The Labute approximate surface area is 180 Å². The third-order valence-corrected chi connectivity index (χ3v) is 5.82. The van der Waals surface area contributed by atoms with Gasteiger partial charge in [0.25, 0.3) is 0 Å². The van der Waals surface area contributed by atoms with Crippen molar-refractivity contribution in [2.24, 2.45) is 0 Å². The summed E-state index contributed by atoms with van der Waals surface area (Å²) in [7, 11) is 0. The Morgan fingerprint density at radius 1 is 0.935 bits per heavy atom. The molecule has 0 atom stereocenters. The zero-order valence-corrected chi connectivity index (χ0v) is 17.7. The van der Waals surface area contributed by atoms with E-state index in [2.05, 4.69) is 35.0 Å². The van der Waals surface area contributed by atoms with Crippen molar-refractivity contribution in [3.8, 4) is 0 Å². The SMILES string of the molecule is CCc1cccc(C)c1NC(=O)CCn1c2ccccc2c2nc3ccccc3nc21. The Bertz CT molecular complexity index is 1430. The lowest BCUT2D eigenvalue weighted by molar-refractivity contribution is -0.116. The van der Waals surface area contributed by atoms with E-state index in [1.54, 1.807) is 0 Å². The number of carbonyl (C=O) groups is 1. The van der Waals surface area contributed by atoms with Gasteiger partial charge in [0, 0.05) is 24.0 Å². The summed E-state index contributed by atoms with van der Waals surface area (Å²) >= 11 is 0. The number of carbonyl (C=O) groups excluding carboxylic acids is 1. The molecule has 0 radical (unpaired) electrons. The van der Waals surface area contributed by atoms with E-state index < -0.39 is 0 Å². The van der Waals surface area contributed by atoms with Crippen molar-refractivity contribution in [1.82, 2.24) is 14.5 Å². The molecule has 0 saturated heterocycles. The first kappa shape index (κ1) is 19.2. The van der Waals surface area contributed by atoms with Crippen LogP contribution in [-0.2, 0) is 17.8 Å². The minimum absolute atomic E-state index is 0.00341. The van der Waals surface area contributed by atoms with E-state index >= 15 is 0 Å². The highest BCUT2D eigenvalue weighted by Crippen LogP contribution is 2.28. The first-order valence-corrected chi connectivity index (χ1v) is 10.7. The summed E-state index contributed by atoms with van der Waals surface area (Å²) in [5.74, 6) is 0.00341. The van der Waals surface area contributed by atoms with Crippen LogP contribution in [0, 0.1) is 6.92 Å². The molecular weight excluding hydrogens is 384 g/mol. The average Bonchev–Trinajstić information content (AvgIpc) is 3.10. The second kappa shape index (κ2) is 7.84. The second-order valence-electron chi connectivity index (χ2n) is 7.81. The van der Waals surface area contributed by atoms with Gasteiger partial charge in [0.05, 0.1) is 16.6 Å². The minimum Gasteiger partial charge on any atom is -0.326 e. The highest BCUT2D eigenvalue weighted by Gasteiger charge is 2.16. The number of anilines is 1. The molecule has 3 aromatic carbocycles. The van der Waals surface area contributed by atoms with E-state index in [0.29, 0.717) is 13.0 Å². The summed E-state index contributed by atoms with van der Waals surface area (Å²) in [5, 5.41) is 4.19. The molecule has 1 amide bonds. The predicted octanol–water partition coefficient (Wildman–Crippen LogP) is 5.64. The second-order valence-corrected chi connectivity index (χ2v) is 7.81. The van der Waals surface area contributed by atoms with Gasteiger partial charge in [-0.3, -0.25) is 4.79 Å². The Balaban J connectivity index is 1.50. The smallest absolute Gasteiger partial charge is 0.226 e. The van der Waals surface area contributed by atoms with Crippen molar-refractivity contribution in [3.63, 3.8) is 0 Å².